The summed E-state index contributed by atoms with van der Waals surface area (Å²) in [4.78, 5) is 2.98. The van der Waals surface area contributed by atoms with Crippen LogP contribution in [0.3, 0.4) is 0 Å². The third kappa shape index (κ3) is 1.99. The molecule has 0 aliphatic rings. The number of aromatic nitrogens is 1. The first-order chi connectivity index (χ1) is 5.24. The summed E-state index contributed by atoms with van der Waals surface area (Å²) < 4.78 is 12.4. The molecule has 56 valence electrons. The largest absolute Gasteiger partial charge is 0.223 e. The Labute approximate surface area is 71.8 Å². The Balaban J connectivity index is 2.98. The summed E-state index contributed by atoms with van der Waals surface area (Å²) >= 11 is 3.03. The first-order valence-electron chi connectivity index (χ1n) is 2.90. The fraction of sp³-hybridized carbons (Fsp3) is 0.143. The van der Waals surface area contributed by atoms with E-state index >= 15 is 0 Å². The molecule has 1 heterocycles. The Bertz CT molecular complexity index is 295. The highest BCUT2D eigenvalue weighted by atomic mass is 79.9. The molecular formula is C7H4BrFN2. The summed E-state index contributed by atoms with van der Waals surface area (Å²) in [5.74, 6) is -0.567. The zero-order chi connectivity index (χ0) is 8.27. The summed E-state index contributed by atoms with van der Waals surface area (Å²) in [5.41, 5.74) is 0.396. The van der Waals surface area contributed by atoms with Gasteiger partial charge in [-0.25, -0.2) is 4.98 Å². The molecule has 0 saturated heterocycles. The van der Waals surface area contributed by atoms with Crippen LogP contribution in [0.2, 0.25) is 0 Å². The average Bonchev–Trinajstić information content (AvgIpc) is 2.03. The van der Waals surface area contributed by atoms with Crippen molar-refractivity contribution in [1.29, 1.82) is 5.26 Å². The van der Waals surface area contributed by atoms with Crippen LogP contribution in [-0.2, 0) is 0 Å². The number of nitrogens with zero attached hydrogens (tertiary/aromatic N) is 2. The van der Waals surface area contributed by atoms with Gasteiger partial charge in [-0.2, -0.15) is 9.65 Å². The lowest BCUT2D eigenvalue weighted by molar-refractivity contribution is 0.578. The van der Waals surface area contributed by atoms with E-state index in [-0.39, 0.29) is 0 Å². The molecule has 4 heteroatoms. The van der Waals surface area contributed by atoms with E-state index in [0.717, 1.165) is 0 Å². The first kappa shape index (κ1) is 8.15. The van der Waals surface area contributed by atoms with Gasteiger partial charge in [0.1, 0.15) is 4.83 Å². The molecule has 0 N–H and O–H groups in total. The second-order valence-corrected chi connectivity index (χ2v) is 2.79. The van der Waals surface area contributed by atoms with Gasteiger partial charge in [0, 0.05) is 0 Å². The molecule has 0 amide bonds. The summed E-state index contributed by atoms with van der Waals surface area (Å²) in [6.45, 7) is 0. The van der Waals surface area contributed by atoms with Crippen LogP contribution < -0.4 is 0 Å². The van der Waals surface area contributed by atoms with E-state index in [9.17, 15) is 4.39 Å². The Kier molecular flexibility index (Phi) is 2.55. The van der Waals surface area contributed by atoms with E-state index in [1.807, 2.05) is 6.07 Å². The molecule has 0 fully saturated rings. The van der Waals surface area contributed by atoms with Gasteiger partial charge in [0.25, 0.3) is 0 Å². The number of pyridine rings is 1. The molecule has 1 atom stereocenters. The maximum absolute atomic E-state index is 12.4. The second-order valence-electron chi connectivity index (χ2n) is 1.88. The monoisotopic (exact) mass is 214 g/mol. The van der Waals surface area contributed by atoms with Gasteiger partial charge in [-0.15, -0.1) is 0 Å². The van der Waals surface area contributed by atoms with Crippen LogP contribution in [0.25, 0.3) is 0 Å². The minimum absolute atomic E-state index is 0.396. The van der Waals surface area contributed by atoms with Crippen LogP contribution >= 0.6 is 15.9 Å². The van der Waals surface area contributed by atoms with Gasteiger partial charge in [-0.3, -0.25) is 0 Å². The van der Waals surface area contributed by atoms with Gasteiger partial charge >= 0.3 is 0 Å². The highest BCUT2D eigenvalue weighted by Crippen LogP contribution is 2.18. The summed E-state index contributed by atoms with van der Waals surface area (Å²) in [6.07, 6.45) is 0. The van der Waals surface area contributed by atoms with Crippen molar-refractivity contribution in [3.8, 4) is 6.07 Å². The van der Waals surface area contributed by atoms with Crippen LogP contribution in [0.1, 0.15) is 10.5 Å². The van der Waals surface area contributed by atoms with Crippen LogP contribution in [0.4, 0.5) is 4.39 Å². The molecule has 0 bridgehead atoms. The highest BCUT2D eigenvalue weighted by Gasteiger charge is 2.06. The zero-order valence-electron chi connectivity index (χ0n) is 5.46. The molecule has 0 aliphatic heterocycles. The van der Waals surface area contributed by atoms with Gasteiger partial charge < -0.3 is 0 Å². The van der Waals surface area contributed by atoms with Crippen molar-refractivity contribution in [2.45, 2.75) is 4.83 Å². The zero-order valence-corrected chi connectivity index (χ0v) is 7.05. The lowest BCUT2D eigenvalue weighted by Gasteiger charge is -1.97. The molecular weight excluding hydrogens is 211 g/mol. The number of hydrogen-bond acceptors (Lipinski definition) is 2. The Morgan fingerprint density at radius 2 is 2.36 bits per heavy atom. The number of alkyl halides is 1. The van der Waals surface area contributed by atoms with E-state index in [0.29, 0.717) is 5.69 Å². The van der Waals surface area contributed by atoms with Gasteiger partial charge in [-0.1, -0.05) is 22.0 Å². The normalized spacial score (nSPS) is 12.1. The lowest BCUT2D eigenvalue weighted by Crippen LogP contribution is -1.92. The van der Waals surface area contributed by atoms with E-state index in [1.165, 1.54) is 12.1 Å². The second kappa shape index (κ2) is 3.44. The Morgan fingerprint density at radius 3 is 2.91 bits per heavy atom. The van der Waals surface area contributed by atoms with Crippen molar-refractivity contribution in [2.24, 2.45) is 0 Å². The van der Waals surface area contributed by atoms with Gasteiger partial charge in [-0.05, 0) is 12.1 Å². The topological polar surface area (TPSA) is 36.7 Å². The third-order valence-electron chi connectivity index (χ3n) is 1.11. The maximum atomic E-state index is 12.4. The molecule has 1 rings (SSSR count). The van der Waals surface area contributed by atoms with Crippen molar-refractivity contribution >= 4 is 15.9 Å². The van der Waals surface area contributed by atoms with E-state index in [4.69, 9.17) is 5.26 Å². The van der Waals surface area contributed by atoms with Crippen LogP contribution in [0, 0.1) is 17.3 Å². The van der Waals surface area contributed by atoms with E-state index in [2.05, 4.69) is 20.9 Å². The van der Waals surface area contributed by atoms with Crippen LogP contribution in [0.5, 0.6) is 0 Å². The fourth-order valence-electron chi connectivity index (χ4n) is 0.631. The van der Waals surface area contributed by atoms with Crippen molar-refractivity contribution in [1.82, 2.24) is 4.98 Å². The molecule has 0 spiro atoms. The fourth-order valence-corrected chi connectivity index (χ4v) is 0.886. The SMILES string of the molecule is N#CC(Br)c1cccc(F)n1. The molecule has 0 radical (unpaired) electrons. The smallest absolute Gasteiger partial charge is 0.213 e. The third-order valence-corrected chi connectivity index (χ3v) is 1.78. The summed E-state index contributed by atoms with van der Waals surface area (Å²) in [6, 6.07) is 6.24. The molecule has 2 nitrogen and oxygen atoms in total. The van der Waals surface area contributed by atoms with Crippen LogP contribution in [0.15, 0.2) is 18.2 Å². The number of hydrogen-bond donors (Lipinski definition) is 0. The maximum Gasteiger partial charge on any atom is 0.213 e. The highest BCUT2D eigenvalue weighted by molar-refractivity contribution is 9.09. The number of nitriles is 1. The minimum Gasteiger partial charge on any atom is -0.223 e. The van der Waals surface area contributed by atoms with E-state index in [1.54, 1.807) is 6.07 Å². The molecule has 0 saturated carbocycles. The molecule has 1 aromatic heterocycles. The summed E-state index contributed by atoms with van der Waals surface area (Å²) in [7, 11) is 0. The molecule has 0 aromatic carbocycles. The van der Waals surface area contributed by atoms with Crippen molar-refractivity contribution in [3.63, 3.8) is 0 Å². The lowest BCUT2D eigenvalue weighted by atomic mass is 10.3. The van der Waals surface area contributed by atoms with Crippen molar-refractivity contribution in [2.75, 3.05) is 0 Å². The minimum atomic E-state index is -0.567. The number of halogens is 2. The Hall–Kier alpha value is -0.950. The molecule has 1 aromatic rings. The van der Waals surface area contributed by atoms with Crippen molar-refractivity contribution in [3.05, 3.63) is 29.8 Å². The predicted octanol–water partition coefficient (Wildman–Crippen LogP) is 2.18. The quantitative estimate of drug-likeness (QED) is 0.531. The average molecular weight is 215 g/mol. The molecule has 11 heavy (non-hydrogen) atoms. The predicted molar refractivity (Wildman–Crippen MR) is 41.5 cm³/mol. The van der Waals surface area contributed by atoms with Gasteiger partial charge in [0.05, 0.1) is 11.8 Å². The summed E-state index contributed by atoms with van der Waals surface area (Å²) in [5, 5.41) is 8.42. The van der Waals surface area contributed by atoms with Gasteiger partial charge in [0.15, 0.2) is 0 Å². The Morgan fingerprint density at radius 1 is 1.64 bits per heavy atom. The molecule has 0 aliphatic carbocycles. The first-order valence-corrected chi connectivity index (χ1v) is 3.82. The standard InChI is InChI=1S/C7H4BrFN2/c8-5(4-10)6-2-1-3-7(9)11-6/h1-3,5H. The van der Waals surface area contributed by atoms with Crippen LogP contribution in [-0.4, -0.2) is 4.98 Å². The molecule has 1 unspecified atom stereocenters. The van der Waals surface area contributed by atoms with Gasteiger partial charge in [0.2, 0.25) is 5.95 Å². The number of rotatable bonds is 1. The van der Waals surface area contributed by atoms with Crippen molar-refractivity contribution < 1.29 is 4.39 Å². The van der Waals surface area contributed by atoms with E-state index < -0.39 is 10.8 Å².